The Labute approximate surface area is 140 Å². The largest absolute Gasteiger partial charge is 0.452 e. The van der Waals surface area contributed by atoms with E-state index < -0.39 is 28.5 Å². The molecule has 0 bridgehead atoms. The summed E-state index contributed by atoms with van der Waals surface area (Å²) in [5.41, 5.74) is 0.394. The Morgan fingerprint density at radius 2 is 2.17 bits per heavy atom. The Morgan fingerprint density at radius 1 is 1.38 bits per heavy atom. The SMILES string of the molecule is CS(=O)(=O)Nc1cccc(C(=O)OCC(=O)NCC2CCCO2)c1. The van der Waals surface area contributed by atoms with E-state index in [4.69, 9.17) is 9.47 Å². The van der Waals surface area contributed by atoms with Crippen LogP contribution in [-0.4, -0.2) is 52.4 Å². The highest BCUT2D eigenvalue weighted by molar-refractivity contribution is 7.92. The number of nitrogens with one attached hydrogen (secondary N) is 2. The zero-order chi connectivity index (χ0) is 17.6. The highest BCUT2D eigenvalue weighted by Crippen LogP contribution is 2.13. The maximum atomic E-state index is 11.9. The van der Waals surface area contributed by atoms with Crippen LogP contribution < -0.4 is 10.0 Å². The zero-order valence-corrected chi connectivity index (χ0v) is 14.1. The number of hydrogen-bond acceptors (Lipinski definition) is 6. The lowest BCUT2D eigenvalue weighted by Crippen LogP contribution is -2.34. The number of esters is 1. The second-order valence-electron chi connectivity index (χ2n) is 5.47. The van der Waals surface area contributed by atoms with Gasteiger partial charge < -0.3 is 14.8 Å². The normalized spacial score (nSPS) is 17.3. The molecule has 2 rings (SSSR count). The van der Waals surface area contributed by atoms with Crippen LogP contribution in [0.3, 0.4) is 0 Å². The van der Waals surface area contributed by atoms with Crippen LogP contribution in [-0.2, 0) is 24.3 Å². The van der Waals surface area contributed by atoms with E-state index in [0.717, 1.165) is 19.1 Å². The highest BCUT2D eigenvalue weighted by atomic mass is 32.2. The van der Waals surface area contributed by atoms with Crippen LogP contribution in [0, 0.1) is 0 Å². The third-order valence-electron chi connectivity index (χ3n) is 3.29. The number of sulfonamides is 1. The van der Waals surface area contributed by atoms with Gasteiger partial charge in [-0.3, -0.25) is 9.52 Å². The van der Waals surface area contributed by atoms with E-state index in [1.54, 1.807) is 0 Å². The standard InChI is InChI=1S/C15H20N2O6S/c1-24(20,21)17-12-5-2-4-11(8-12)15(19)23-10-14(18)16-9-13-6-3-7-22-13/h2,4-5,8,13,17H,3,6-7,9-10H2,1H3,(H,16,18). The first-order valence-electron chi connectivity index (χ1n) is 7.47. The van der Waals surface area contributed by atoms with Gasteiger partial charge in [0.25, 0.3) is 5.91 Å². The van der Waals surface area contributed by atoms with Gasteiger partial charge in [0.15, 0.2) is 6.61 Å². The quantitative estimate of drug-likeness (QED) is 0.689. The van der Waals surface area contributed by atoms with Crippen molar-refractivity contribution in [2.45, 2.75) is 18.9 Å². The van der Waals surface area contributed by atoms with Gasteiger partial charge in [-0.15, -0.1) is 0 Å². The van der Waals surface area contributed by atoms with Gasteiger partial charge in [0.05, 0.1) is 17.9 Å². The van der Waals surface area contributed by atoms with Crippen molar-refractivity contribution in [3.8, 4) is 0 Å². The summed E-state index contributed by atoms with van der Waals surface area (Å²) in [4.78, 5) is 23.6. The summed E-state index contributed by atoms with van der Waals surface area (Å²) < 4.78 is 34.9. The number of benzene rings is 1. The number of amides is 1. The Bertz CT molecular complexity index is 698. The molecular weight excluding hydrogens is 336 g/mol. The first kappa shape index (κ1) is 18.2. The Balaban J connectivity index is 1.81. The number of carbonyl (C=O) groups is 2. The third-order valence-corrected chi connectivity index (χ3v) is 3.89. The molecule has 0 aromatic heterocycles. The van der Waals surface area contributed by atoms with Gasteiger partial charge in [0, 0.05) is 18.8 Å². The molecule has 1 aromatic rings. The first-order chi connectivity index (χ1) is 11.3. The van der Waals surface area contributed by atoms with Gasteiger partial charge in [-0.1, -0.05) is 6.07 Å². The van der Waals surface area contributed by atoms with E-state index in [1.165, 1.54) is 24.3 Å². The first-order valence-corrected chi connectivity index (χ1v) is 9.36. The monoisotopic (exact) mass is 356 g/mol. The lowest BCUT2D eigenvalue weighted by molar-refractivity contribution is -0.124. The van der Waals surface area contributed by atoms with Crippen LogP contribution in [0.5, 0.6) is 0 Å². The molecule has 0 spiro atoms. The summed E-state index contributed by atoms with van der Waals surface area (Å²) in [5.74, 6) is -1.12. The molecule has 0 aliphatic carbocycles. The minimum Gasteiger partial charge on any atom is -0.452 e. The smallest absolute Gasteiger partial charge is 0.338 e. The molecule has 1 aliphatic rings. The summed E-state index contributed by atoms with van der Waals surface area (Å²) in [5, 5.41) is 2.64. The molecular formula is C15H20N2O6S. The lowest BCUT2D eigenvalue weighted by Gasteiger charge is -2.11. The maximum absolute atomic E-state index is 11.9. The van der Waals surface area contributed by atoms with Gasteiger partial charge >= 0.3 is 5.97 Å². The molecule has 1 heterocycles. The fourth-order valence-electron chi connectivity index (χ4n) is 2.22. The van der Waals surface area contributed by atoms with E-state index in [2.05, 4.69) is 10.0 Å². The van der Waals surface area contributed by atoms with Gasteiger partial charge in [-0.2, -0.15) is 0 Å². The summed E-state index contributed by atoms with van der Waals surface area (Å²) in [6, 6.07) is 5.83. The van der Waals surface area contributed by atoms with Crippen LogP contribution in [0.1, 0.15) is 23.2 Å². The molecule has 1 amide bonds. The van der Waals surface area contributed by atoms with Crippen molar-refractivity contribution in [3.63, 3.8) is 0 Å². The van der Waals surface area contributed by atoms with Crippen molar-refractivity contribution in [1.29, 1.82) is 0 Å². The minimum atomic E-state index is -3.44. The summed E-state index contributed by atoms with van der Waals surface area (Å²) >= 11 is 0. The summed E-state index contributed by atoms with van der Waals surface area (Å²) in [7, 11) is -3.44. The molecule has 0 radical (unpaired) electrons. The molecule has 1 atom stereocenters. The molecule has 24 heavy (non-hydrogen) atoms. The van der Waals surface area contributed by atoms with Crippen molar-refractivity contribution in [3.05, 3.63) is 29.8 Å². The Hall–Kier alpha value is -2.13. The zero-order valence-electron chi connectivity index (χ0n) is 13.3. The minimum absolute atomic E-state index is 0.0170. The molecule has 8 nitrogen and oxygen atoms in total. The van der Waals surface area contributed by atoms with Crippen molar-refractivity contribution in [2.24, 2.45) is 0 Å². The van der Waals surface area contributed by atoms with Crippen LogP contribution in [0.25, 0.3) is 0 Å². The van der Waals surface area contributed by atoms with Gasteiger partial charge in [0.2, 0.25) is 10.0 Å². The molecule has 2 N–H and O–H groups in total. The molecule has 1 fully saturated rings. The van der Waals surface area contributed by atoms with Crippen molar-refractivity contribution >= 4 is 27.6 Å². The van der Waals surface area contributed by atoms with Crippen molar-refractivity contribution < 1.29 is 27.5 Å². The molecule has 1 aromatic carbocycles. The van der Waals surface area contributed by atoms with E-state index in [1.807, 2.05) is 0 Å². The second-order valence-corrected chi connectivity index (χ2v) is 7.22. The topological polar surface area (TPSA) is 111 Å². The molecule has 9 heteroatoms. The van der Waals surface area contributed by atoms with E-state index >= 15 is 0 Å². The number of anilines is 1. The molecule has 132 valence electrons. The van der Waals surface area contributed by atoms with E-state index in [9.17, 15) is 18.0 Å². The van der Waals surface area contributed by atoms with Crippen LogP contribution in [0.4, 0.5) is 5.69 Å². The maximum Gasteiger partial charge on any atom is 0.338 e. The molecule has 1 unspecified atom stereocenters. The number of hydrogen-bond donors (Lipinski definition) is 2. The molecule has 1 aliphatic heterocycles. The van der Waals surface area contributed by atoms with Crippen LogP contribution in [0.15, 0.2) is 24.3 Å². The van der Waals surface area contributed by atoms with Crippen molar-refractivity contribution in [2.75, 3.05) is 30.7 Å². The van der Waals surface area contributed by atoms with E-state index in [0.29, 0.717) is 13.2 Å². The summed E-state index contributed by atoms with van der Waals surface area (Å²) in [6.07, 6.45) is 2.91. The van der Waals surface area contributed by atoms with Crippen LogP contribution in [0.2, 0.25) is 0 Å². The van der Waals surface area contributed by atoms with Crippen LogP contribution >= 0.6 is 0 Å². The fourth-order valence-corrected chi connectivity index (χ4v) is 2.78. The fraction of sp³-hybridized carbons (Fsp3) is 0.467. The average Bonchev–Trinajstić information content (AvgIpc) is 3.02. The second kappa shape index (κ2) is 8.11. The average molecular weight is 356 g/mol. The third kappa shape index (κ3) is 6.17. The highest BCUT2D eigenvalue weighted by Gasteiger charge is 2.17. The van der Waals surface area contributed by atoms with E-state index in [-0.39, 0.29) is 17.4 Å². The lowest BCUT2D eigenvalue weighted by atomic mass is 10.2. The Morgan fingerprint density at radius 3 is 2.83 bits per heavy atom. The van der Waals surface area contributed by atoms with Gasteiger partial charge in [-0.25, -0.2) is 13.2 Å². The number of carbonyl (C=O) groups excluding carboxylic acids is 2. The Kier molecular flexibility index (Phi) is 6.16. The molecule has 0 saturated carbocycles. The number of rotatable bonds is 7. The van der Waals surface area contributed by atoms with Crippen molar-refractivity contribution in [1.82, 2.24) is 5.32 Å². The summed E-state index contributed by atoms with van der Waals surface area (Å²) in [6.45, 7) is 0.687. The molecule has 1 saturated heterocycles. The predicted molar refractivity (Wildman–Crippen MR) is 87.2 cm³/mol. The van der Waals surface area contributed by atoms with Gasteiger partial charge in [0.1, 0.15) is 0 Å². The predicted octanol–water partition coefficient (Wildman–Crippen LogP) is 0.510. The van der Waals surface area contributed by atoms with Gasteiger partial charge in [-0.05, 0) is 31.0 Å². The number of ether oxygens (including phenoxy) is 2.